The summed E-state index contributed by atoms with van der Waals surface area (Å²) >= 11 is 0. The SMILES string of the molecule is COc1ccc(C)cc1C(=O)NCCS(=O)(=O)N1CCN(c2ccccn2)CC1. The van der Waals surface area contributed by atoms with Crippen molar-refractivity contribution in [2.24, 2.45) is 0 Å². The normalized spacial score (nSPS) is 15.2. The average molecular weight is 419 g/mol. The first-order valence-corrected chi connectivity index (χ1v) is 11.1. The zero-order valence-electron chi connectivity index (χ0n) is 16.7. The van der Waals surface area contributed by atoms with E-state index in [1.807, 2.05) is 31.2 Å². The third-order valence-corrected chi connectivity index (χ3v) is 6.72. The molecule has 1 aromatic carbocycles. The Morgan fingerprint density at radius 3 is 2.59 bits per heavy atom. The number of nitrogens with one attached hydrogen (secondary N) is 1. The van der Waals surface area contributed by atoms with Gasteiger partial charge in [-0.05, 0) is 31.2 Å². The molecule has 2 aromatic rings. The van der Waals surface area contributed by atoms with E-state index in [1.54, 1.807) is 18.3 Å². The highest BCUT2D eigenvalue weighted by atomic mass is 32.2. The van der Waals surface area contributed by atoms with Crippen LogP contribution in [0.4, 0.5) is 5.82 Å². The highest BCUT2D eigenvalue weighted by Crippen LogP contribution is 2.19. The monoisotopic (exact) mass is 418 g/mol. The van der Waals surface area contributed by atoms with Crippen molar-refractivity contribution in [2.75, 3.05) is 50.5 Å². The van der Waals surface area contributed by atoms with Crippen LogP contribution in [0.5, 0.6) is 5.75 Å². The number of rotatable bonds is 7. The highest BCUT2D eigenvalue weighted by Gasteiger charge is 2.27. The van der Waals surface area contributed by atoms with Crippen molar-refractivity contribution in [1.82, 2.24) is 14.6 Å². The van der Waals surface area contributed by atoms with Crippen LogP contribution in [-0.4, -0.2) is 69.2 Å². The molecule has 8 nitrogen and oxygen atoms in total. The minimum absolute atomic E-state index is 0.0404. The molecule has 1 amide bonds. The summed E-state index contributed by atoms with van der Waals surface area (Å²) in [4.78, 5) is 18.8. The van der Waals surface area contributed by atoms with Crippen LogP contribution in [-0.2, 0) is 10.0 Å². The van der Waals surface area contributed by atoms with Gasteiger partial charge in [0.1, 0.15) is 11.6 Å². The number of hydrogen-bond donors (Lipinski definition) is 1. The van der Waals surface area contributed by atoms with Crippen molar-refractivity contribution < 1.29 is 17.9 Å². The average Bonchev–Trinajstić information content (AvgIpc) is 2.74. The van der Waals surface area contributed by atoms with Gasteiger partial charge < -0.3 is 15.0 Å². The fraction of sp³-hybridized carbons (Fsp3) is 0.400. The molecule has 0 unspecified atom stereocenters. The molecule has 1 saturated heterocycles. The number of piperazine rings is 1. The van der Waals surface area contributed by atoms with Gasteiger partial charge in [-0.1, -0.05) is 17.7 Å². The molecule has 0 atom stereocenters. The third-order valence-electron chi connectivity index (χ3n) is 4.85. The predicted molar refractivity (Wildman–Crippen MR) is 112 cm³/mol. The summed E-state index contributed by atoms with van der Waals surface area (Å²) in [6, 6.07) is 11.0. The summed E-state index contributed by atoms with van der Waals surface area (Å²) < 4.78 is 32.0. The molecule has 0 saturated carbocycles. The lowest BCUT2D eigenvalue weighted by molar-refractivity contribution is 0.0953. The number of benzene rings is 1. The summed E-state index contributed by atoms with van der Waals surface area (Å²) in [6.45, 7) is 3.90. The Morgan fingerprint density at radius 2 is 1.93 bits per heavy atom. The fourth-order valence-electron chi connectivity index (χ4n) is 3.25. The second kappa shape index (κ2) is 9.23. The number of hydrogen-bond acceptors (Lipinski definition) is 6. The van der Waals surface area contributed by atoms with Crippen LogP contribution in [0.2, 0.25) is 0 Å². The van der Waals surface area contributed by atoms with Gasteiger partial charge in [0.2, 0.25) is 10.0 Å². The molecule has 3 rings (SSSR count). The maximum atomic E-state index is 12.6. The minimum atomic E-state index is -3.45. The lowest BCUT2D eigenvalue weighted by atomic mass is 10.1. The number of aryl methyl sites for hydroxylation is 1. The Kier molecular flexibility index (Phi) is 6.71. The third kappa shape index (κ3) is 5.24. The first-order valence-electron chi connectivity index (χ1n) is 9.47. The molecule has 0 aliphatic carbocycles. The molecule has 2 heterocycles. The summed E-state index contributed by atoms with van der Waals surface area (Å²) in [6.07, 6.45) is 1.73. The van der Waals surface area contributed by atoms with Crippen molar-refractivity contribution in [2.45, 2.75) is 6.92 Å². The van der Waals surface area contributed by atoms with Gasteiger partial charge in [-0.25, -0.2) is 13.4 Å². The number of anilines is 1. The quantitative estimate of drug-likeness (QED) is 0.728. The molecule has 1 aliphatic heterocycles. The maximum absolute atomic E-state index is 12.6. The van der Waals surface area contributed by atoms with E-state index in [-0.39, 0.29) is 18.2 Å². The number of nitrogens with zero attached hydrogens (tertiary/aromatic N) is 3. The van der Waals surface area contributed by atoms with Gasteiger partial charge in [0.05, 0.1) is 18.4 Å². The molecule has 0 spiro atoms. The van der Waals surface area contributed by atoms with Crippen LogP contribution in [0.1, 0.15) is 15.9 Å². The molecule has 0 radical (unpaired) electrons. The summed E-state index contributed by atoms with van der Waals surface area (Å²) in [5.41, 5.74) is 1.32. The smallest absolute Gasteiger partial charge is 0.255 e. The van der Waals surface area contributed by atoms with Crippen LogP contribution in [0.3, 0.4) is 0 Å². The number of amides is 1. The van der Waals surface area contributed by atoms with Crippen molar-refractivity contribution >= 4 is 21.7 Å². The van der Waals surface area contributed by atoms with Gasteiger partial charge in [0.15, 0.2) is 0 Å². The van der Waals surface area contributed by atoms with Gasteiger partial charge in [-0.3, -0.25) is 4.79 Å². The zero-order valence-corrected chi connectivity index (χ0v) is 17.5. The van der Waals surface area contributed by atoms with E-state index in [2.05, 4.69) is 15.2 Å². The summed E-state index contributed by atoms with van der Waals surface area (Å²) in [5.74, 6) is 0.822. The molecule has 1 fully saturated rings. The van der Waals surface area contributed by atoms with Gasteiger partial charge in [-0.15, -0.1) is 0 Å². The number of methoxy groups -OCH3 is 1. The van der Waals surface area contributed by atoms with Gasteiger partial charge >= 0.3 is 0 Å². The van der Waals surface area contributed by atoms with E-state index >= 15 is 0 Å². The van der Waals surface area contributed by atoms with Crippen molar-refractivity contribution in [3.05, 3.63) is 53.7 Å². The van der Waals surface area contributed by atoms with E-state index < -0.39 is 10.0 Å². The Labute approximate surface area is 171 Å². The van der Waals surface area contributed by atoms with Gasteiger partial charge in [0.25, 0.3) is 5.91 Å². The van der Waals surface area contributed by atoms with Crippen LogP contribution < -0.4 is 15.0 Å². The fourth-order valence-corrected chi connectivity index (χ4v) is 4.59. The Hall–Kier alpha value is -2.65. The molecule has 1 N–H and O–H groups in total. The van der Waals surface area contributed by atoms with Crippen LogP contribution in [0, 0.1) is 6.92 Å². The predicted octanol–water partition coefficient (Wildman–Crippen LogP) is 1.28. The number of sulfonamides is 1. The van der Waals surface area contributed by atoms with Crippen molar-refractivity contribution in [3.8, 4) is 5.75 Å². The van der Waals surface area contributed by atoms with E-state index in [1.165, 1.54) is 11.4 Å². The van der Waals surface area contributed by atoms with E-state index in [9.17, 15) is 13.2 Å². The molecular weight excluding hydrogens is 392 g/mol. The van der Waals surface area contributed by atoms with Crippen molar-refractivity contribution in [3.63, 3.8) is 0 Å². The number of ether oxygens (including phenoxy) is 1. The molecule has 9 heteroatoms. The molecule has 29 heavy (non-hydrogen) atoms. The Bertz CT molecular complexity index is 942. The number of pyridine rings is 1. The summed E-state index contributed by atoms with van der Waals surface area (Å²) in [7, 11) is -1.95. The lowest BCUT2D eigenvalue weighted by Crippen LogP contribution is -2.50. The number of carbonyl (C=O) groups is 1. The highest BCUT2D eigenvalue weighted by molar-refractivity contribution is 7.89. The zero-order chi connectivity index (χ0) is 20.9. The van der Waals surface area contributed by atoms with Crippen LogP contribution in [0.25, 0.3) is 0 Å². The Balaban J connectivity index is 1.52. The van der Waals surface area contributed by atoms with Crippen LogP contribution >= 0.6 is 0 Å². The largest absolute Gasteiger partial charge is 0.496 e. The van der Waals surface area contributed by atoms with Crippen LogP contribution in [0.15, 0.2) is 42.6 Å². The second-order valence-electron chi connectivity index (χ2n) is 6.85. The maximum Gasteiger partial charge on any atom is 0.255 e. The van der Waals surface area contributed by atoms with Crippen molar-refractivity contribution in [1.29, 1.82) is 0 Å². The first-order chi connectivity index (χ1) is 13.9. The lowest BCUT2D eigenvalue weighted by Gasteiger charge is -2.34. The molecule has 0 bridgehead atoms. The number of aromatic nitrogens is 1. The van der Waals surface area contributed by atoms with Gasteiger partial charge in [0, 0.05) is 38.9 Å². The van der Waals surface area contributed by atoms with Gasteiger partial charge in [-0.2, -0.15) is 4.31 Å². The molecule has 1 aliphatic rings. The number of carbonyl (C=O) groups excluding carboxylic acids is 1. The molecule has 1 aromatic heterocycles. The first kappa shape index (κ1) is 21.1. The minimum Gasteiger partial charge on any atom is -0.496 e. The summed E-state index contributed by atoms with van der Waals surface area (Å²) in [5, 5.41) is 2.69. The van der Waals surface area contributed by atoms with E-state index in [0.29, 0.717) is 37.5 Å². The molecular formula is C20H26N4O4S. The van der Waals surface area contributed by atoms with E-state index in [0.717, 1.165) is 11.4 Å². The van der Waals surface area contributed by atoms with E-state index in [4.69, 9.17) is 4.74 Å². The second-order valence-corrected chi connectivity index (χ2v) is 8.94. The molecule has 156 valence electrons. The standard InChI is InChI=1S/C20H26N4O4S/c1-16-6-7-18(28-2)17(15-16)20(25)22-9-14-29(26,27)24-12-10-23(11-13-24)19-5-3-4-8-21-19/h3-8,15H,9-14H2,1-2H3,(H,22,25). The topological polar surface area (TPSA) is 91.8 Å². The Morgan fingerprint density at radius 1 is 1.17 bits per heavy atom.